The summed E-state index contributed by atoms with van der Waals surface area (Å²) in [7, 11) is 0. The quantitative estimate of drug-likeness (QED) is 0.326. The van der Waals surface area contributed by atoms with Crippen LogP contribution in [0.3, 0.4) is 0 Å². The molecule has 2 heterocycles. The second-order valence-corrected chi connectivity index (χ2v) is 13.8. The first-order valence-electron chi connectivity index (χ1n) is 14.0. The van der Waals surface area contributed by atoms with Crippen LogP contribution >= 0.6 is 23.2 Å². The van der Waals surface area contributed by atoms with Gasteiger partial charge in [0.2, 0.25) is 5.91 Å². The molecule has 2 aromatic rings. The Labute approximate surface area is 244 Å². The molecule has 6 atom stereocenters. The molecule has 2 aromatic carbocycles. The van der Waals surface area contributed by atoms with Crippen molar-refractivity contribution in [2.75, 3.05) is 5.32 Å². The van der Waals surface area contributed by atoms with E-state index in [1.165, 1.54) is 24.3 Å². The fourth-order valence-corrected chi connectivity index (χ4v) is 7.58. The second-order valence-electron chi connectivity index (χ2n) is 12.9. The Morgan fingerprint density at radius 2 is 1.82 bits per heavy atom. The number of Topliss-reactive ketones (excluding diaryl/α,β-unsaturated/α-hetero) is 1. The summed E-state index contributed by atoms with van der Waals surface area (Å²) < 4.78 is 29.3. The van der Waals surface area contributed by atoms with E-state index >= 15 is 0 Å². The molecule has 0 radical (unpaired) electrons. The molecular weight excluding hydrogens is 557 g/mol. The largest absolute Gasteiger partial charge is 0.393 e. The molecule has 2 aliphatic heterocycles. The zero-order chi connectivity index (χ0) is 29.0. The van der Waals surface area contributed by atoms with Crippen molar-refractivity contribution in [1.29, 1.82) is 0 Å². The van der Waals surface area contributed by atoms with Crippen molar-refractivity contribution in [1.82, 2.24) is 5.32 Å². The summed E-state index contributed by atoms with van der Waals surface area (Å²) in [6, 6.07) is 5.68. The van der Waals surface area contributed by atoms with Crippen LogP contribution in [0.2, 0.25) is 10.0 Å². The van der Waals surface area contributed by atoms with E-state index < -0.39 is 35.1 Å². The average molecular weight is 594 g/mol. The highest BCUT2D eigenvalue weighted by molar-refractivity contribution is 6.31. The van der Waals surface area contributed by atoms with Crippen LogP contribution < -0.4 is 10.6 Å². The Bertz CT molecular complexity index is 1330. The maximum atomic E-state index is 15.0. The van der Waals surface area contributed by atoms with Crippen LogP contribution in [-0.4, -0.2) is 35.0 Å². The van der Waals surface area contributed by atoms with Crippen molar-refractivity contribution in [3.05, 3.63) is 63.1 Å². The number of fused-ring (bicyclic) bond motifs is 2. The number of halogens is 4. The molecule has 1 aliphatic carbocycles. The molecule has 2 fully saturated rings. The van der Waals surface area contributed by atoms with Crippen LogP contribution in [0.15, 0.2) is 30.3 Å². The molecule has 0 aromatic heterocycles. The van der Waals surface area contributed by atoms with Crippen LogP contribution in [0.5, 0.6) is 0 Å². The summed E-state index contributed by atoms with van der Waals surface area (Å²) in [6.45, 7) is 6.15. The van der Waals surface area contributed by atoms with Crippen molar-refractivity contribution < 1.29 is 23.5 Å². The molecular formula is C31H36Cl2F2N2O3. The summed E-state index contributed by atoms with van der Waals surface area (Å²) in [6.07, 6.45) is 4.54. The van der Waals surface area contributed by atoms with Crippen LogP contribution in [0, 0.1) is 23.0 Å². The van der Waals surface area contributed by atoms with Crippen LogP contribution in [-0.2, 0) is 15.0 Å². The maximum absolute atomic E-state index is 15.0. The molecule has 2 unspecified atom stereocenters. The SMILES string of the molecule is CC(C)(C)C[C@H]1N[C@@H](C(=O)CCCC2CCC(O)C2)[C@H](c2ccc(F)c(Cl)c2)[C@@]12C(=O)Nc1cc(Cl)c(F)cc12. The lowest BCUT2D eigenvalue weighted by molar-refractivity contribution is -0.122. The minimum atomic E-state index is -1.36. The van der Waals surface area contributed by atoms with Gasteiger partial charge >= 0.3 is 0 Å². The van der Waals surface area contributed by atoms with Crippen molar-refractivity contribution in [2.24, 2.45) is 11.3 Å². The van der Waals surface area contributed by atoms with Crippen LogP contribution in [0.1, 0.15) is 82.8 Å². The molecule has 216 valence electrons. The third-order valence-corrected chi connectivity index (χ3v) is 9.48. The maximum Gasteiger partial charge on any atom is 0.237 e. The predicted molar refractivity (Wildman–Crippen MR) is 153 cm³/mol. The minimum absolute atomic E-state index is 0.0598. The number of carbonyl (C=O) groups excluding carboxylic acids is 2. The summed E-state index contributed by atoms with van der Waals surface area (Å²) in [5, 5.41) is 16.1. The number of rotatable bonds is 7. The molecule has 5 rings (SSSR count). The van der Waals surface area contributed by atoms with Gasteiger partial charge in [-0.05, 0) is 85.3 Å². The van der Waals surface area contributed by atoms with Crippen LogP contribution in [0.25, 0.3) is 0 Å². The topological polar surface area (TPSA) is 78.4 Å². The number of aliphatic hydroxyl groups excluding tert-OH is 1. The summed E-state index contributed by atoms with van der Waals surface area (Å²) in [5.74, 6) is -2.04. The summed E-state index contributed by atoms with van der Waals surface area (Å²) >= 11 is 12.3. The molecule has 0 bridgehead atoms. The van der Waals surface area contributed by atoms with E-state index in [0.717, 1.165) is 25.7 Å². The number of nitrogens with one attached hydrogen (secondary N) is 2. The predicted octanol–water partition coefficient (Wildman–Crippen LogP) is 6.92. The van der Waals surface area contributed by atoms with E-state index in [9.17, 15) is 23.5 Å². The normalized spacial score (nSPS) is 29.7. The highest BCUT2D eigenvalue weighted by Crippen LogP contribution is 2.57. The van der Waals surface area contributed by atoms with Gasteiger partial charge in [-0.25, -0.2) is 8.78 Å². The standard InChI is InChI=1S/C31H36Cl2F2N2O3/c1-30(2,3)15-26-31(19-13-23(35)21(33)14-24(19)36-29(31)40)27(17-8-10-22(34)20(32)12-17)28(37-26)25(39)6-4-5-16-7-9-18(38)11-16/h8,10,12-14,16,18,26-28,37-38H,4-7,9,11,15H2,1-3H3,(H,36,40)/t16?,18?,26-,27+,28+,31+/m1/s1. The van der Waals surface area contributed by atoms with Gasteiger partial charge in [0, 0.05) is 24.1 Å². The fraction of sp³-hybridized carbons (Fsp3) is 0.548. The first-order valence-corrected chi connectivity index (χ1v) is 14.8. The smallest absolute Gasteiger partial charge is 0.237 e. The Kier molecular flexibility index (Phi) is 8.07. The summed E-state index contributed by atoms with van der Waals surface area (Å²) in [5.41, 5.74) is -0.230. The van der Waals surface area contributed by atoms with Crippen molar-refractivity contribution in [2.45, 2.75) is 95.2 Å². The Balaban J connectivity index is 1.60. The van der Waals surface area contributed by atoms with Gasteiger partial charge in [0.1, 0.15) is 22.8 Å². The van der Waals surface area contributed by atoms with Gasteiger partial charge in [-0.2, -0.15) is 0 Å². The van der Waals surface area contributed by atoms with Crippen molar-refractivity contribution in [3.63, 3.8) is 0 Å². The lowest BCUT2D eigenvalue weighted by Crippen LogP contribution is -2.49. The van der Waals surface area contributed by atoms with Gasteiger partial charge in [0.15, 0.2) is 0 Å². The molecule has 40 heavy (non-hydrogen) atoms. The molecule has 1 amide bonds. The molecule has 5 nitrogen and oxygen atoms in total. The number of hydrogen-bond acceptors (Lipinski definition) is 4. The number of anilines is 1. The number of amides is 1. The fourth-order valence-electron chi connectivity index (χ4n) is 7.22. The first-order chi connectivity index (χ1) is 18.8. The van der Waals surface area contributed by atoms with E-state index in [4.69, 9.17) is 23.2 Å². The van der Waals surface area contributed by atoms with Gasteiger partial charge in [-0.15, -0.1) is 0 Å². The van der Waals surface area contributed by atoms with E-state index in [2.05, 4.69) is 10.6 Å². The zero-order valence-corrected chi connectivity index (χ0v) is 24.5. The number of aliphatic hydroxyl groups is 1. The number of ketones is 1. The molecule has 1 saturated heterocycles. The number of benzene rings is 2. The number of carbonyl (C=O) groups is 2. The lowest BCUT2D eigenvalue weighted by Gasteiger charge is -2.37. The van der Waals surface area contributed by atoms with E-state index in [1.54, 1.807) is 6.07 Å². The first kappa shape index (κ1) is 29.4. The average Bonchev–Trinajstić information content (AvgIpc) is 3.51. The van der Waals surface area contributed by atoms with E-state index in [1.807, 2.05) is 20.8 Å². The highest BCUT2D eigenvalue weighted by atomic mass is 35.5. The van der Waals surface area contributed by atoms with Crippen LogP contribution in [0.4, 0.5) is 14.5 Å². The number of hydrogen-bond donors (Lipinski definition) is 3. The molecule has 3 aliphatic rings. The monoisotopic (exact) mass is 592 g/mol. The van der Waals surface area contributed by atoms with Gasteiger partial charge in [0.25, 0.3) is 0 Å². The Morgan fingerprint density at radius 3 is 2.48 bits per heavy atom. The molecule has 1 saturated carbocycles. The van der Waals surface area contributed by atoms with Gasteiger partial charge in [-0.3, -0.25) is 9.59 Å². The van der Waals surface area contributed by atoms with Gasteiger partial charge in [0.05, 0.1) is 22.2 Å². The van der Waals surface area contributed by atoms with Gasteiger partial charge in [-0.1, -0.05) is 50.0 Å². The molecule has 1 spiro atoms. The summed E-state index contributed by atoms with van der Waals surface area (Å²) in [4.78, 5) is 28.1. The third kappa shape index (κ3) is 5.31. The van der Waals surface area contributed by atoms with Crippen molar-refractivity contribution >= 4 is 40.6 Å². The van der Waals surface area contributed by atoms with Gasteiger partial charge < -0.3 is 15.7 Å². The lowest BCUT2D eigenvalue weighted by atomic mass is 9.62. The minimum Gasteiger partial charge on any atom is -0.393 e. The molecule has 3 N–H and O–H groups in total. The Hall–Kier alpha value is -2.06. The zero-order valence-electron chi connectivity index (χ0n) is 23.0. The van der Waals surface area contributed by atoms with E-state index in [-0.39, 0.29) is 39.7 Å². The van der Waals surface area contributed by atoms with E-state index in [0.29, 0.717) is 35.6 Å². The second kappa shape index (κ2) is 11.0. The van der Waals surface area contributed by atoms with Crippen molar-refractivity contribution in [3.8, 4) is 0 Å². The third-order valence-electron chi connectivity index (χ3n) is 8.90. The Morgan fingerprint density at radius 1 is 1.10 bits per heavy atom. The highest BCUT2D eigenvalue weighted by Gasteiger charge is 2.65. The molecule has 9 heteroatoms.